The van der Waals surface area contributed by atoms with Crippen LogP contribution in [0.3, 0.4) is 0 Å². The Bertz CT molecular complexity index is 337. The van der Waals surface area contributed by atoms with Gasteiger partial charge in [-0.1, -0.05) is 50.1 Å². The van der Waals surface area contributed by atoms with Crippen molar-refractivity contribution in [2.24, 2.45) is 5.73 Å². The number of benzene rings is 1. The highest BCUT2D eigenvalue weighted by molar-refractivity contribution is 5.83. The smallest absolute Gasteiger partial charge is 0.241 e. The lowest BCUT2D eigenvalue weighted by Gasteiger charge is -2.17. The van der Waals surface area contributed by atoms with Gasteiger partial charge < -0.3 is 11.1 Å². The third kappa shape index (κ3) is 4.57. The highest BCUT2D eigenvalue weighted by Crippen LogP contribution is 2.10. The van der Waals surface area contributed by atoms with Crippen LogP contribution in [0.15, 0.2) is 30.3 Å². The van der Waals surface area contributed by atoms with Crippen LogP contribution in [0.25, 0.3) is 0 Å². The number of hydrogen-bond acceptors (Lipinski definition) is 2. The van der Waals surface area contributed by atoms with Gasteiger partial charge in [-0.2, -0.15) is 0 Å². The normalized spacial score (nSPS) is 14.1. The second-order valence-electron chi connectivity index (χ2n) is 4.44. The van der Waals surface area contributed by atoms with Gasteiger partial charge in [0.05, 0.1) is 0 Å². The van der Waals surface area contributed by atoms with Crippen molar-refractivity contribution in [2.45, 2.75) is 45.2 Å². The quantitative estimate of drug-likeness (QED) is 0.794. The molecule has 0 saturated carbocycles. The Morgan fingerprint density at radius 3 is 2.59 bits per heavy atom. The Morgan fingerprint density at radius 1 is 1.35 bits per heavy atom. The number of amides is 1. The molecule has 3 heteroatoms. The first-order valence-electron chi connectivity index (χ1n) is 6.26. The second kappa shape index (κ2) is 7.07. The molecule has 0 radical (unpaired) electrons. The van der Waals surface area contributed by atoms with E-state index < -0.39 is 6.04 Å². The third-order valence-electron chi connectivity index (χ3n) is 2.82. The molecule has 0 heterocycles. The molecule has 0 bridgehead atoms. The Kier molecular flexibility index (Phi) is 5.70. The summed E-state index contributed by atoms with van der Waals surface area (Å²) < 4.78 is 0. The molecule has 0 aliphatic rings. The van der Waals surface area contributed by atoms with Crippen LogP contribution in [0, 0.1) is 0 Å². The molecule has 3 N–H and O–H groups in total. The molecule has 2 atom stereocenters. The number of unbranched alkanes of at least 4 members (excludes halogenated alkanes) is 1. The predicted octanol–water partition coefficient (Wildman–Crippen LogP) is 2.38. The molecule has 0 aliphatic heterocycles. The average Bonchev–Trinajstić information content (AvgIpc) is 2.36. The average molecular weight is 234 g/mol. The predicted molar refractivity (Wildman–Crippen MR) is 70.5 cm³/mol. The fourth-order valence-corrected chi connectivity index (χ4v) is 1.73. The zero-order valence-electron chi connectivity index (χ0n) is 10.6. The van der Waals surface area contributed by atoms with E-state index in [9.17, 15) is 4.79 Å². The first-order chi connectivity index (χ1) is 8.15. The van der Waals surface area contributed by atoms with Crippen molar-refractivity contribution in [3.05, 3.63) is 35.9 Å². The van der Waals surface area contributed by atoms with Gasteiger partial charge in [-0.15, -0.1) is 0 Å². The van der Waals surface area contributed by atoms with Crippen LogP contribution in [0.2, 0.25) is 0 Å². The van der Waals surface area contributed by atoms with E-state index in [0.29, 0.717) is 0 Å². The minimum atomic E-state index is -0.569. The zero-order chi connectivity index (χ0) is 12.7. The molecule has 0 saturated heterocycles. The van der Waals surface area contributed by atoms with Gasteiger partial charge in [0.15, 0.2) is 0 Å². The van der Waals surface area contributed by atoms with Crippen molar-refractivity contribution in [3.63, 3.8) is 0 Å². The van der Waals surface area contributed by atoms with Crippen LogP contribution in [0.5, 0.6) is 0 Å². The topological polar surface area (TPSA) is 55.1 Å². The van der Waals surface area contributed by atoms with E-state index in [-0.39, 0.29) is 11.9 Å². The van der Waals surface area contributed by atoms with Gasteiger partial charge in [-0.25, -0.2) is 0 Å². The molecule has 0 aromatic heterocycles. The largest absolute Gasteiger partial charge is 0.352 e. The molecule has 94 valence electrons. The number of hydrogen-bond donors (Lipinski definition) is 2. The van der Waals surface area contributed by atoms with E-state index in [1.165, 1.54) is 0 Å². The van der Waals surface area contributed by atoms with Crippen LogP contribution in [0.4, 0.5) is 0 Å². The van der Waals surface area contributed by atoms with Gasteiger partial charge >= 0.3 is 0 Å². The maximum atomic E-state index is 11.9. The molecule has 1 rings (SSSR count). The summed E-state index contributed by atoms with van der Waals surface area (Å²) in [6.07, 6.45) is 3.27. The molecule has 0 spiro atoms. The summed E-state index contributed by atoms with van der Waals surface area (Å²) in [4.78, 5) is 11.9. The highest BCUT2D eigenvalue weighted by Gasteiger charge is 2.16. The van der Waals surface area contributed by atoms with Crippen LogP contribution in [-0.2, 0) is 4.79 Å². The van der Waals surface area contributed by atoms with Crippen LogP contribution < -0.4 is 11.1 Å². The van der Waals surface area contributed by atoms with Gasteiger partial charge in [0, 0.05) is 6.04 Å². The number of carbonyl (C=O) groups is 1. The number of nitrogens with two attached hydrogens (primary N) is 1. The van der Waals surface area contributed by atoms with Gasteiger partial charge in [-0.05, 0) is 18.9 Å². The lowest BCUT2D eigenvalue weighted by molar-refractivity contribution is -0.123. The molecule has 1 amide bonds. The molecule has 1 aromatic carbocycles. The van der Waals surface area contributed by atoms with Crippen molar-refractivity contribution in [1.29, 1.82) is 0 Å². The maximum absolute atomic E-state index is 11.9. The van der Waals surface area contributed by atoms with E-state index in [2.05, 4.69) is 12.2 Å². The van der Waals surface area contributed by atoms with E-state index in [1.807, 2.05) is 37.3 Å². The third-order valence-corrected chi connectivity index (χ3v) is 2.82. The molecular formula is C14H22N2O. The van der Waals surface area contributed by atoms with Gasteiger partial charge in [0.1, 0.15) is 6.04 Å². The van der Waals surface area contributed by atoms with Crippen molar-refractivity contribution < 1.29 is 4.79 Å². The standard InChI is InChI=1S/C14H22N2O/c1-3-4-8-11(2)16-14(17)13(15)12-9-6-5-7-10-12/h5-7,9-11,13H,3-4,8,15H2,1-2H3,(H,16,17)/t11?,13-/m0/s1. The summed E-state index contributed by atoms with van der Waals surface area (Å²) >= 11 is 0. The fourth-order valence-electron chi connectivity index (χ4n) is 1.73. The van der Waals surface area contributed by atoms with E-state index in [0.717, 1.165) is 24.8 Å². The van der Waals surface area contributed by atoms with Crippen LogP contribution >= 0.6 is 0 Å². The molecule has 0 fully saturated rings. The van der Waals surface area contributed by atoms with Crippen LogP contribution in [0.1, 0.15) is 44.7 Å². The summed E-state index contributed by atoms with van der Waals surface area (Å²) in [6, 6.07) is 9.07. The fraction of sp³-hybridized carbons (Fsp3) is 0.500. The Hall–Kier alpha value is -1.35. The van der Waals surface area contributed by atoms with Crippen molar-refractivity contribution in [2.75, 3.05) is 0 Å². The summed E-state index contributed by atoms with van der Waals surface area (Å²) in [7, 11) is 0. The minimum Gasteiger partial charge on any atom is -0.352 e. The van der Waals surface area contributed by atoms with E-state index >= 15 is 0 Å². The van der Waals surface area contributed by atoms with E-state index in [4.69, 9.17) is 5.73 Å². The zero-order valence-corrected chi connectivity index (χ0v) is 10.6. The van der Waals surface area contributed by atoms with Gasteiger partial charge in [-0.3, -0.25) is 4.79 Å². The first kappa shape index (κ1) is 13.7. The summed E-state index contributed by atoms with van der Waals surface area (Å²) in [5.41, 5.74) is 6.76. The Balaban J connectivity index is 2.47. The SMILES string of the molecule is CCCCC(C)NC(=O)[C@@H](N)c1ccccc1. The second-order valence-corrected chi connectivity index (χ2v) is 4.44. The summed E-state index contributed by atoms with van der Waals surface area (Å²) in [5, 5.41) is 2.95. The molecule has 17 heavy (non-hydrogen) atoms. The monoisotopic (exact) mass is 234 g/mol. The van der Waals surface area contributed by atoms with Gasteiger partial charge in [0.25, 0.3) is 0 Å². The highest BCUT2D eigenvalue weighted by atomic mass is 16.2. The van der Waals surface area contributed by atoms with Crippen LogP contribution in [-0.4, -0.2) is 11.9 Å². The summed E-state index contributed by atoms with van der Waals surface area (Å²) in [5.74, 6) is -0.0974. The number of rotatable bonds is 6. The molecule has 0 aliphatic carbocycles. The lowest BCUT2D eigenvalue weighted by atomic mass is 10.1. The molecular weight excluding hydrogens is 212 g/mol. The maximum Gasteiger partial charge on any atom is 0.241 e. The molecule has 1 unspecified atom stereocenters. The number of nitrogens with one attached hydrogen (secondary N) is 1. The first-order valence-corrected chi connectivity index (χ1v) is 6.26. The van der Waals surface area contributed by atoms with Crippen molar-refractivity contribution in [1.82, 2.24) is 5.32 Å². The molecule has 1 aromatic rings. The van der Waals surface area contributed by atoms with Gasteiger partial charge in [0.2, 0.25) is 5.91 Å². The van der Waals surface area contributed by atoms with E-state index in [1.54, 1.807) is 0 Å². The van der Waals surface area contributed by atoms with Crippen molar-refractivity contribution in [3.8, 4) is 0 Å². The summed E-state index contributed by atoms with van der Waals surface area (Å²) in [6.45, 7) is 4.16. The Labute approximate surface area is 103 Å². The minimum absolute atomic E-state index is 0.0974. The number of carbonyl (C=O) groups excluding carboxylic acids is 1. The van der Waals surface area contributed by atoms with Crippen molar-refractivity contribution >= 4 is 5.91 Å². The Morgan fingerprint density at radius 2 is 2.00 bits per heavy atom. The molecule has 3 nitrogen and oxygen atoms in total. The lowest BCUT2D eigenvalue weighted by Crippen LogP contribution is -2.39.